The molecule has 0 bridgehead atoms. The molecule has 0 saturated heterocycles. The maximum Gasteiger partial charge on any atom is 0.0628 e. The molecular weight excluding hydrogens is 228 g/mol. The van der Waals surface area contributed by atoms with Crippen molar-refractivity contribution in [2.45, 2.75) is 50.2 Å². The molecule has 2 rings (SSSR count). The van der Waals surface area contributed by atoms with Crippen molar-refractivity contribution in [3.8, 4) is 0 Å². The Kier molecular flexibility index (Phi) is 4.64. The number of aliphatic hydroxyl groups is 1. The van der Waals surface area contributed by atoms with E-state index < -0.39 is 0 Å². The highest BCUT2D eigenvalue weighted by atomic mass is 16.5. The lowest BCUT2D eigenvalue weighted by Crippen LogP contribution is -2.59. The lowest BCUT2D eigenvalue weighted by molar-refractivity contribution is 0.0585. The number of nitrogens with zero attached hydrogens (tertiary/aromatic N) is 1. The quantitative estimate of drug-likeness (QED) is 0.642. The zero-order valence-electron chi connectivity index (χ0n) is 12.0. The Morgan fingerprint density at radius 3 is 2.50 bits per heavy atom. The Morgan fingerprint density at radius 2 is 2.06 bits per heavy atom. The minimum atomic E-state index is -0.0854. The minimum Gasteiger partial charge on any atom is -0.394 e. The van der Waals surface area contributed by atoms with E-state index in [0.717, 1.165) is 13.2 Å². The molecule has 2 aliphatic rings. The van der Waals surface area contributed by atoms with Crippen LogP contribution in [-0.2, 0) is 4.74 Å². The van der Waals surface area contributed by atoms with E-state index in [9.17, 15) is 5.11 Å². The van der Waals surface area contributed by atoms with Crippen LogP contribution in [0, 0.1) is 5.92 Å². The van der Waals surface area contributed by atoms with Gasteiger partial charge in [0.1, 0.15) is 0 Å². The highest BCUT2D eigenvalue weighted by molar-refractivity contribution is 5.06. The third kappa shape index (κ3) is 3.44. The Bertz CT molecular complexity index is 267. The molecule has 2 aliphatic carbocycles. The van der Waals surface area contributed by atoms with Crippen LogP contribution in [0.2, 0.25) is 0 Å². The van der Waals surface area contributed by atoms with Gasteiger partial charge in [-0.1, -0.05) is 0 Å². The van der Waals surface area contributed by atoms with E-state index in [1.807, 2.05) is 0 Å². The first-order valence-electron chi connectivity index (χ1n) is 7.19. The van der Waals surface area contributed by atoms with Crippen LogP contribution in [0.1, 0.15) is 32.6 Å². The number of methoxy groups -OCH3 is 1. The largest absolute Gasteiger partial charge is 0.394 e. The summed E-state index contributed by atoms with van der Waals surface area (Å²) in [5.74, 6) is 0.653. The van der Waals surface area contributed by atoms with E-state index in [0.29, 0.717) is 18.0 Å². The summed E-state index contributed by atoms with van der Waals surface area (Å²) in [5.41, 5.74) is -0.0854. The molecule has 2 unspecified atom stereocenters. The summed E-state index contributed by atoms with van der Waals surface area (Å²) in [7, 11) is 3.87. The van der Waals surface area contributed by atoms with E-state index in [1.54, 1.807) is 7.11 Å². The average Bonchev–Trinajstić information content (AvgIpc) is 3.20. The molecule has 2 N–H and O–H groups in total. The first kappa shape index (κ1) is 14.3. The Morgan fingerprint density at radius 1 is 1.39 bits per heavy atom. The lowest BCUT2D eigenvalue weighted by Gasteiger charge is -2.39. The number of aliphatic hydroxyl groups excluding tert-OH is 1. The van der Waals surface area contributed by atoms with E-state index in [2.05, 4.69) is 24.2 Å². The van der Waals surface area contributed by atoms with Crippen LogP contribution in [0.25, 0.3) is 0 Å². The fourth-order valence-electron chi connectivity index (χ4n) is 2.76. The molecule has 2 fully saturated rings. The van der Waals surface area contributed by atoms with Crippen LogP contribution in [0.5, 0.6) is 0 Å². The maximum atomic E-state index is 9.90. The second kappa shape index (κ2) is 5.87. The van der Waals surface area contributed by atoms with Crippen LogP contribution in [-0.4, -0.2) is 61.5 Å². The van der Waals surface area contributed by atoms with Gasteiger partial charge >= 0.3 is 0 Å². The molecule has 106 valence electrons. The monoisotopic (exact) mass is 256 g/mol. The molecule has 0 amide bonds. The summed E-state index contributed by atoms with van der Waals surface area (Å²) < 4.78 is 5.22. The average molecular weight is 256 g/mol. The molecule has 4 nitrogen and oxygen atoms in total. The zero-order chi connectivity index (χ0) is 13.2. The van der Waals surface area contributed by atoms with Crippen molar-refractivity contribution in [2.75, 3.05) is 33.9 Å². The number of hydrogen-bond donors (Lipinski definition) is 2. The first-order valence-corrected chi connectivity index (χ1v) is 7.19. The Balaban J connectivity index is 1.94. The minimum absolute atomic E-state index is 0.0854. The van der Waals surface area contributed by atoms with E-state index in [1.165, 1.54) is 25.7 Å². The van der Waals surface area contributed by atoms with Crippen LogP contribution in [0.15, 0.2) is 0 Å². The molecule has 4 heteroatoms. The molecular formula is C14H28N2O2. The number of nitrogens with one attached hydrogen (secondary N) is 1. The second-order valence-corrected chi connectivity index (χ2v) is 6.23. The number of rotatable bonds is 9. The van der Waals surface area contributed by atoms with E-state index in [-0.39, 0.29) is 12.1 Å². The molecule has 0 aromatic rings. The van der Waals surface area contributed by atoms with Crippen molar-refractivity contribution in [3.05, 3.63) is 0 Å². The first-order chi connectivity index (χ1) is 8.61. The van der Waals surface area contributed by atoms with Gasteiger partial charge in [0.15, 0.2) is 0 Å². The highest BCUT2D eigenvalue weighted by Crippen LogP contribution is 2.42. The maximum absolute atomic E-state index is 9.90. The molecule has 0 heterocycles. The van der Waals surface area contributed by atoms with Gasteiger partial charge < -0.3 is 15.2 Å². The molecule has 2 saturated carbocycles. The fourth-order valence-corrected chi connectivity index (χ4v) is 2.76. The Labute approximate surface area is 111 Å². The standard InChI is InChI=1S/C14H28N2O2/c1-11(8-18-3)16(2)9-14(10-17,12-4-5-12)15-13-6-7-13/h11-13,15,17H,4-10H2,1-3H3. The van der Waals surface area contributed by atoms with Gasteiger partial charge in [0.05, 0.1) is 18.8 Å². The molecule has 0 aliphatic heterocycles. The van der Waals surface area contributed by atoms with Gasteiger partial charge in [-0.15, -0.1) is 0 Å². The lowest BCUT2D eigenvalue weighted by atomic mass is 9.92. The number of ether oxygens (including phenoxy) is 1. The normalized spacial score (nSPS) is 25.2. The van der Waals surface area contributed by atoms with Gasteiger partial charge in [-0.05, 0) is 45.6 Å². The zero-order valence-corrected chi connectivity index (χ0v) is 12.0. The van der Waals surface area contributed by atoms with Gasteiger partial charge in [0.2, 0.25) is 0 Å². The predicted octanol–water partition coefficient (Wildman–Crippen LogP) is 0.846. The summed E-state index contributed by atoms with van der Waals surface area (Å²) >= 11 is 0. The second-order valence-electron chi connectivity index (χ2n) is 6.23. The molecule has 0 aromatic carbocycles. The van der Waals surface area contributed by atoms with Gasteiger partial charge in [0.25, 0.3) is 0 Å². The van der Waals surface area contributed by atoms with Crippen LogP contribution < -0.4 is 5.32 Å². The number of hydrogen-bond acceptors (Lipinski definition) is 4. The van der Waals surface area contributed by atoms with Crippen molar-refractivity contribution < 1.29 is 9.84 Å². The van der Waals surface area contributed by atoms with Crippen LogP contribution in [0.4, 0.5) is 0 Å². The highest BCUT2D eigenvalue weighted by Gasteiger charge is 2.48. The SMILES string of the molecule is COCC(C)N(C)CC(CO)(NC1CC1)C1CC1. The van der Waals surface area contributed by atoms with Crippen molar-refractivity contribution in [2.24, 2.45) is 5.92 Å². The van der Waals surface area contributed by atoms with E-state index >= 15 is 0 Å². The summed E-state index contributed by atoms with van der Waals surface area (Å²) in [6.45, 7) is 4.08. The third-order valence-corrected chi connectivity index (χ3v) is 4.40. The van der Waals surface area contributed by atoms with Crippen LogP contribution in [0.3, 0.4) is 0 Å². The van der Waals surface area contributed by atoms with E-state index in [4.69, 9.17) is 4.74 Å². The van der Waals surface area contributed by atoms with Gasteiger partial charge in [-0.25, -0.2) is 0 Å². The summed E-state index contributed by atoms with van der Waals surface area (Å²) in [6.07, 6.45) is 5.05. The Hall–Kier alpha value is -0.160. The van der Waals surface area contributed by atoms with Crippen LogP contribution >= 0.6 is 0 Å². The van der Waals surface area contributed by atoms with Gasteiger partial charge in [0, 0.05) is 25.7 Å². The smallest absolute Gasteiger partial charge is 0.0628 e. The summed E-state index contributed by atoms with van der Waals surface area (Å²) in [4.78, 5) is 2.31. The van der Waals surface area contributed by atoms with Gasteiger partial charge in [-0.3, -0.25) is 4.90 Å². The molecule has 18 heavy (non-hydrogen) atoms. The van der Waals surface area contributed by atoms with Crippen molar-refractivity contribution in [1.29, 1.82) is 0 Å². The molecule has 0 aromatic heterocycles. The molecule has 0 radical (unpaired) electrons. The summed E-state index contributed by atoms with van der Waals surface area (Å²) in [6, 6.07) is 1.03. The van der Waals surface area contributed by atoms with Crippen molar-refractivity contribution in [1.82, 2.24) is 10.2 Å². The van der Waals surface area contributed by atoms with Crippen molar-refractivity contribution in [3.63, 3.8) is 0 Å². The van der Waals surface area contributed by atoms with Crippen molar-refractivity contribution >= 4 is 0 Å². The van der Waals surface area contributed by atoms with Gasteiger partial charge in [-0.2, -0.15) is 0 Å². The predicted molar refractivity (Wildman–Crippen MR) is 72.7 cm³/mol. The number of likely N-dealkylation sites (N-methyl/N-ethyl adjacent to an activating group) is 1. The molecule has 0 spiro atoms. The third-order valence-electron chi connectivity index (χ3n) is 4.40. The fraction of sp³-hybridized carbons (Fsp3) is 1.00. The summed E-state index contributed by atoms with van der Waals surface area (Å²) in [5, 5.41) is 13.6. The topological polar surface area (TPSA) is 44.7 Å². The molecule has 2 atom stereocenters.